The van der Waals surface area contributed by atoms with Crippen LogP contribution in [0.4, 0.5) is 5.69 Å². The van der Waals surface area contributed by atoms with E-state index in [1.807, 2.05) is 41.8 Å². The Labute approximate surface area is 219 Å². The third kappa shape index (κ3) is 4.78. The predicted octanol–water partition coefficient (Wildman–Crippen LogP) is 5.67. The zero-order valence-corrected chi connectivity index (χ0v) is 21.9. The van der Waals surface area contributed by atoms with E-state index in [2.05, 4.69) is 15.9 Å². The highest BCUT2D eigenvalue weighted by atomic mass is 79.9. The Bertz CT molecular complexity index is 1290. The maximum absolute atomic E-state index is 13.2. The van der Waals surface area contributed by atoms with Gasteiger partial charge in [-0.05, 0) is 53.4 Å². The summed E-state index contributed by atoms with van der Waals surface area (Å²) in [5, 5.41) is 16.8. The molecule has 0 spiro atoms. The van der Waals surface area contributed by atoms with Crippen LogP contribution in [0.3, 0.4) is 0 Å². The quantitative estimate of drug-likeness (QED) is 0.243. The molecule has 7 nitrogen and oxygen atoms in total. The van der Waals surface area contributed by atoms with Crippen molar-refractivity contribution in [3.05, 3.63) is 81.0 Å². The number of hydrazone groups is 1. The molecule has 0 radical (unpaired) electrons. The van der Waals surface area contributed by atoms with Crippen LogP contribution in [0, 0.1) is 5.41 Å². The third-order valence-electron chi connectivity index (χ3n) is 5.87. The van der Waals surface area contributed by atoms with Gasteiger partial charge in [-0.3, -0.25) is 15.0 Å². The SMILES string of the molecule is COc1ccc(N2C(=O)C[C@@H](SC(=N)N3N=C(c4cccs4)C[C@@H]3c3ccc(Br)cc3)C2=O)cc1. The van der Waals surface area contributed by atoms with E-state index < -0.39 is 5.25 Å². The predicted molar refractivity (Wildman–Crippen MR) is 143 cm³/mol. The largest absolute Gasteiger partial charge is 0.497 e. The van der Waals surface area contributed by atoms with Crippen LogP contribution < -0.4 is 9.64 Å². The van der Waals surface area contributed by atoms with Crippen molar-refractivity contribution in [3.8, 4) is 5.75 Å². The molecular formula is C25H21BrN4O3S2. The molecule has 2 aliphatic heterocycles. The first-order valence-electron chi connectivity index (χ1n) is 10.9. The second-order valence-corrected chi connectivity index (χ2v) is 11.1. The minimum absolute atomic E-state index is 0.0379. The second-order valence-electron chi connectivity index (χ2n) is 8.02. The van der Waals surface area contributed by atoms with Crippen LogP contribution in [0.5, 0.6) is 5.75 Å². The van der Waals surface area contributed by atoms with Gasteiger partial charge in [0.1, 0.15) is 11.0 Å². The highest BCUT2D eigenvalue weighted by Gasteiger charge is 2.42. The number of ether oxygens (including phenoxy) is 1. The fraction of sp³-hybridized carbons (Fsp3) is 0.200. The van der Waals surface area contributed by atoms with E-state index in [1.165, 1.54) is 4.90 Å². The Morgan fingerprint density at radius 3 is 2.51 bits per heavy atom. The molecular weight excluding hydrogens is 548 g/mol. The number of hydrogen-bond acceptors (Lipinski definition) is 7. The van der Waals surface area contributed by atoms with E-state index in [1.54, 1.807) is 47.7 Å². The van der Waals surface area contributed by atoms with Gasteiger partial charge in [0.2, 0.25) is 11.8 Å². The molecule has 35 heavy (non-hydrogen) atoms. The van der Waals surface area contributed by atoms with Crippen molar-refractivity contribution >= 4 is 67.4 Å². The van der Waals surface area contributed by atoms with E-state index in [9.17, 15) is 9.59 Å². The summed E-state index contributed by atoms with van der Waals surface area (Å²) in [7, 11) is 1.56. The number of rotatable bonds is 5. The summed E-state index contributed by atoms with van der Waals surface area (Å²) < 4.78 is 6.14. The zero-order valence-electron chi connectivity index (χ0n) is 18.7. The molecule has 3 heterocycles. The first kappa shape index (κ1) is 23.8. The normalized spacial score (nSPS) is 19.9. The number of thiophene rings is 1. The first-order chi connectivity index (χ1) is 16.9. The van der Waals surface area contributed by atoms with Gasteiger partial charge in [0.15, 0.2) is 5.17 Å². The highest BCUT2D eigenvalue weighted by molar-refractivity contribution is 9.10. The number of thioether (sulfide) groups is 1. The number of anilines is 1. The fourth-order valence-corrected chi connectivity index (χ4v) is 6.08. The summed E-state index contributed by atoms with van der Waals surface area (Å²) in [5.74, 6) is 0.0452. The second kappa shape index (κ2) is 9.96. The summed E-state index contributed by atoms with van der Waals surface area (Å²) in [6.07, 6.45) is 0.691. The lowest BCUT2D eigenvalue weighted by molar-refractivity contribution is -0.121. The minimum Gasteiger partial charge on any atom is -0.497 e. The van der Waals surface area contributed by atoms with Gasteiger partial charge in [-0.2, -0.15) is 5.10 Å². The van der Waals surface area contributed by atoms with Crippen molar-refractivity contribution < 1.29 is 14.3 Å². The molecule has 2 aromatic carbocycles. The lowest BCUT2D eigenvalue weighted by Gasteiger charge is -2.24. The van der Waals surface area contributed by atoms with Crippen LogP contribution >= 0.6 is 39.0 Å². The molecule has 0 aliphatic carbocycles. The molecule has 2 amide bonds. The lowest BCUT2D eigenvalue weighted by atomic mass is 10.0. The molecule has 178 valence electrons. The standard InChI is InChI=1S/C25H21BrN4O3S2/c1-33-18-10-8-17(9-11-18)29-23(31)14-22(24(29)32)35-25(27)30-20(15-4-6-16(26)7-5-15)13-19(28-30)21-3-2-12-34-21/h2-12,20,22,27H,13-14H2,1H3/t20-,22-/m1/s1. The van der Waals surface area contributed by atoms with E-state index in [4.69, 9.17) is 15.2 Å². The minimum atomic E-state index is -0.677. The number of carbonyl (C=O) groups is 2. The molecule has 1 N–H and O–H groups in total. The van der Waals surface area contributed by atoms with Crippen molar-refractivity contribution in [1.29, 1.82) is 5.41 Å². The molecule has 0 unspecified atom stereocenters. The molecule has 2 aliphatic rings. The third-order valence-corrected chi connectivity index (χ3v) is 8.38. The number of halogens is 1. The molecule has 1 fully saturated rings. The number of amidine groups is 1. The van der Waals surface area contributed by atoms with Crippen LogP contribution in [0.25, 0.3) is 0 Å². The van der Waals surface area contributed by atoms with E-state index in [-0.39, 0.29) is 29.4 Å². The smallest absolute Gasteiger partial charge is 0.247 e. The summed E-state index contributed by atoms with van der Waals surface area (Å²) in [5.41, 5.74) is 2.44. The summed E-state index contributed by atoms with van der Waals surface area (Å²) in [6.45, 7) is 0. The van der Waals surface area contributed by atoms with Crippen LogP contribution in [0.2, 0.25) is 0 Å². The van der Waals surface area contributed by atoms with E-state index in [0.717, 1.165) is 32.4 Å². The lowest BCUT2D eigenvalue weighted by Crippen LogP contribution is -2.32. The monoisotopic (exact) mass is 568 g/mol. The summed E-state index contributed by atoms with van der Waals surface area (Å²) in [6, 6.07) is 18.6. The Hall–Kier alpha value is -2.95. The number of nitrogens with zero attached hydrogens (tertiary/aromatic N) is 3. The average Bonchev–Trinajstić information content (AvgIpc) is 3.60. The summed E-state index contributed by atoms with van der Waals surface area (Å²) in [4.78, 5) is 28.1. The number of nitrogens with one attached hydrogen (secondary N) is 1. The van der Waals surface area contributed by atoms with Crippen LogP contribution in [-0.2, 0) is 9.59 Å². The van der Waals surface area contributed by atoms with Gasteiger partial charge < -0.3 is 4.74 Å². The van der Waals surface area contributed by atoms with Crippen molar-refractivity contribution in [2.45, 2.75) is 24.1 Å². The van der Waals surface area contributed by atoms with Gasteiger partial charge >= 0.3 is 0 Å². The molecule has 2 atom stereocenters. The van der Waals surface area contributed by atoms with Gasteiger partial charge in [0, 0.05) is 17.3 Å². The summed E-state index contributed by atoms with van der Waals surface area (Å²) >= 11 is 6.17. The van der Waals surface area contributed by atoms with E-state index >= 15 is 0 Å². The van der Waals surface area contributed by atoms with Gasteiger partial charge in [0.25, 0.3) is 0 Å². The Balaban J connectivity index is 1.37. The molecule has 1 saturated heterocycles. The topological polar surface area (TPSA) is 86.1 Å². The number of benzene rings is 2. The average molecular weight is 570 g/mol. The number of methoxy groups -OCH3 is 1. The Morgan fingerprint density at radius 2 is 1.86 bits per heavy atom. The van der Waals surface area contributed by atoms with Crippen molar-refractivity contribution in [1.82, 2.24) is 5.01 Å². The van der Waals surface area contributed by atoms with Crippen molar-refractivity contribution in [2.75, 3.05) is 12.0 Å². The number of imide groups is 1. The van der Waals surface area contributed by atoms with E-state index in [0.29, 0.717) is 17.9 Å². The highest BCUT2D eigenvalue weighted by Crippen LogP contribution is 2.38. The van der Waals surface area contributed by atoms with Crippen molar-refractivity contribution in [3.63, 3.8) is 0 Å². The molecule has 5 rings (SSSR count). The van der Waals surface area contributed by atoms with Crippen LogP contribution in [0.15, 0.2) is 75.6 Å². The Morgan fingerprint density at radius 1 is 1.11 bits per heavy atom. The molecule has 0 saturated carbocycles. The molecule has 1 aromatic heterocycles. The molecule has 10 heteroatoms. The number of hydrogen-bond donors (Lipinski definition) is 1. The van der Waals surface area contributed by atoms with Crippen molar-refractivity contribution in [2.24, 2.45) is 5.10 Å². The maximum atomic E-state index is 13.2. The molecule has 3 aromatic rings. The van der Waals surface area contributed by atoms with Gasteiger partial charge in [0.05, 0.1) is 29.4 Å². The van der Waals surface area contributed by atoms with Gasteiger partial charge in [-0.25, -0.2) is 9.91 Å². The number of carbonyl (C=O) groups excluding carboxylic acids is 2. The van der Waals surface area contributed by atoms with Crippen LogP contribution in [-0.4, -0.2) is 40.1 Å². The first-order valence-corrected chi connectivity index (χ1v) is 13.4. The van der Waals surface area contributed by atoms with Gasteiger partial charge in [-0.1, -0.05) is 45.9 Å². The van der Waals surface area contributed by atoms with Gasteiger partial charge in [-0.15, -0.1) is 11.3 Å². The Kier molecular flexibility index (Phi) is 6.77. The van der Waals surface area contributed by atoms with Crippen LogP contribution in [0.1, 0.15) is 29.3 Å². The molecule has 0 bridgehead atoms. The fourth-order valence-electron chi connectivity index (χ4n) is 4.12. The zero-order chi connectivity index (χ0) is 24.5. The number of amides is 2. The maximum Gasteiger partial charge on any atom is 0.247 e.